The van der Waals surface area contributed by atoms with Gasteiger partial charge in [0.05, 0.1) is 0 Å². The summed E-state index contributed by atoms with van der Waals surface area (Å²) in [5.41, 5.74) is 0.574. The Balaban J connectivity index is 2.50. The fraction of sp³-hybridized carbons (Fsp3) is 0.273. The molecule has 0 bridgehead atoms. The average Bonchev–Trinajstić information content (AvgIpc) is 2.39. The van der Waals surface area contributed by atoms with E-state index in [1.54, 1.807) is 24.3 Å². The number of alkyl halides is 1. The molecule has 1 amide bonds. The third-order valence-corrected chi connectivity index (χ3v) is 8.11. The third kappa shape index (κ3) is 4.65. The van der Waals surface area contributed by atoms with E-state index in [9.17, 15) is 9.59 Å². The standard InChI is InChI=1S/C8H8NO.C2H2ClO.CH3O.Sn/c1-9-8(10)7-5-3-2-4-6-7;3-1-2-4;1-2;/h2-6H,1H2,(H,9,10);1H2;1H3;/q;;-1;+1. The molecule has 0 saturated heterocycles. The second-order valence-corrected chi connectivity index (χ2v) is 9.68. The number of hydrogen-bond acceptors (Lipinski definition) is 3. The van der Waals surface area contributed by atoms with Crippen molar-refractivity contribution < 1.29 is 12.7 Å². The fourth-order valence-corrected chi connectivity index (χ4v) is 5.18. The van der Waals surface area contributed by atoms with Crippen LogP contribution in [0.3, 0.4) is 0 Å². The van der Waals surface area contributed by atoms with Gasteiger partial charge in [-0.05, 0) is 0 Å². The number of carbonyl (C=O) groups is 2. The summed E-state index contributed by atoms with van der Waals surface area (Å²) < 4.78 is 5.40. The fourth-order valence-electron chi connectivity index (χ4n) is 1.21. The number of amides is 1. The molecule has 6 heteroatoms. The van der Waals surface area contributed by atoms with Crippen LogP contribution in [0.4, 0.5) is 0 Å². The number of benzene rings is 1. The van der Waals surface area contributed by atoms with Gasteiger partial charge in [-0.15, -0.1) is 0 Å². The van der Waals surface area contributed by atoms with E-state index in [4.69, 9.17) is 14.7 Å². The summed E-state index contributed by atoms with van der Waals surface area (Å²) in [6.45, 7) is 0. The second kappa shape index (κ2) is 7.68. The average molecular weight is 361 g/mol. The normalized spacial score (nSPS) is 10.3. The Bertz CT molecular complexity index is 386. The van der Waals surface area contributed by atoms with Crippen molar-refractivity contribution in [2.24, 2.45) is 0 Å². The van der Waals surface area contributed by atoms with Crippen molar-refractivity contribution >= 4 is 41.5 Å². The second-order valence-electron chi connectivity index (χ2n) is 3.23. The molecule has 0 aliphatic heterocycles. The van der Waals surface area contributed by atoms with Crippen LogP contribution in [0, 0.1) is 0 Å². The Morgan fingerprint density at radius 3 is 2.53 bits per heavy atom. The molecule has 0 atom stereocenters. The summed E-state index contributed by atoms with van der Waals surface area (Å²) in [5, 5.41) is 2.71. The number of halogens is 1. The van der Waals surface area contributed by atoms with Crippen LogP contribution in [-0.4, -0.2) is 47.4 Å². The van der Waals surface area contributed by atoms with Crippen molar-refractivity contribution in [2.45, 2.75) is 0 Å². The predicted octanol–water partition coefficient (Wildman–Crippen LogP) is 0.941. The van der Waals surface area contributed by atoms with Crippen molar-refractivity contribution in [1.29, 1.82) is 0 Å². The summed E-state index contributed by atoms with van der Waals surface area (Å²) in [4.78, 5) is 23.1. The van der Waals surface area contributed by atoms with E-state index in [1.165, 1.54) is 7.11 Å². The van der Waals surface area contributed by atoms with E-state index in [0.717, 1.165) is 0 Å². The number of nitrogens with one attached hydrogen (secondary N) is 1. The molecular weight excluding hydrogens is 348 g/mol. The summed E-state index contributed by atoms with van der Waals surface area (Å²) >= 11 is 2.79. The minimum atomic E-state index is -2.67. The maximum atomic E-state index is 11.7. The van der Waals surface area contributed by atoms with Gasteiger partial charge in [0.25, 0.3) is 0 Å². The van der Waals surface area contributed by atoms with Crippen LogP contribution in [0.15, 0.2) is 30.3 Å². The van der Waals surface area contributed by atoms with Crippen LogP contribution < -0.4 is 5.32 Å². The predicted molar refractivity (Wildman–Crippen MR) is 67.3 cm³/mol. The molecule has 17 heavy (non-hydrogen) atoms. The van der Waals surface area contributed by atoms with Gasteiger partial charge in [-0.2, -0.15) is 0 Å². The third-order valence-electron chi connectivity index (χ3n) is 2.12. The van der Waals surface area contributed by atoms with Crippen molar-refractivity contribution in [1.82, 2.24) is 5.32 Å². The van der Waals surface area contributed by atoms with E-state index in [-0.39, 0.29) is 15.6 Å². The van der Waals surface area contributed by atoms with E-state index in [0.29, 0.717) is 10.1 Å². The van der Waals surface area contributed by atoms with E-state index in [2.05, 4.69) is 5.32 Å². The Labute approximate surface area is 113 Å². The Morgan fingerprint density at radius 2 is 2.00 bits per heavy atom. The van der Waals surface area contributed by atoms with Crippen LogP contribution in [0.1, 0.15) is 10.4 Å². The van der Waals surface area contributed by atoms with Crippen molar-refractivity contribution in [3.8, 4) is 0 Å². The monoisotopic (exact) mass is 362 g/mol. The first kappa shape index (κ1) is 14.5. The summed E-state index contributed by atoms with van der Waals surface area (Å²) in [6, 6.07) is 8.84. The van der Waals surface area contributed by atoms with Crippen LogP contribution >= 0.6 is 11.6 Å². The zero-order valence-corrected chi connectivity index (χ0v) is 13.0. The molecule has 1 radical (unpaired) electrons. The van der Waals surface area contributed by atoms with Crippen LogP contribution in [0.5, 0.6) is 0 Å². The molecule has 0 saturated carbocycles. The van der Waals surface area contributed by atoms with Gasteiger partial charge in [-0.25, -0.2) is 0 Å². The zero-order valence-electron chi connectivity index (χ0n) is 9.40. The van der Waals surface area contributed by atoms with E-state index >= 15 is 0 Å². The topological polar surface area (TPSA) is 55.4 Å². The van der Waals surface area contributed by atoms with E-state index in [1.807, 2.05) is 6.07 Å². The minimum absolute atomic E-state index is 0.0379. The molecule has 4 nitrogen and oxygen atoms in total. The summed E-state index contributed by atoms with van der Waals surface area (Å²) in [7, 11) is 1.49. The van der Waals surface area contributed by atoms with Crippen molar-refractivity contribution in [3.05, 3.63) is 35.9 Å². The Hall–Kier alpha value is -0.591. The van der Waals surface area contributed by atoms with E-state index < -0.39 is 20.2 Å². The van der Waals surface area contributed by atoms with Gasteiger partial charge in [-0.1, -0.05) is 0 Å². The van der Waals surface area contributed by atoms with Gasteiger partial charge in [0.1, 0.15) is 0 Å². The van der Waals surface area contributed by atoms with Gasteiger partial charge >= 0.3 is 113 Å². The molecule has 1 aromatic carbocycles. The summed E-state index contributed by atoms with van der Waals surface area (Å²) in [5.74, 6) is -0.229. The Morgan fingerprint density at radius 1 is 1.35 bits per heavy atom. The van der Waals surface area contributed by atoms with Crippen molar-refractivity contribution in [3.63, 3.8) is 0 Å². The first-order valence-corrected chi connectivity index (χ1v) is 10.2. The molecule has 0 aliphatic rings. The van der Waals surface area contributed by atoms with Gasteiger partial charge < -0.3 is 0 Å². The molecule has 0 spiro atoms. The van der Waals surface area contributed by atoms with Crippen molar-refractivity contribution in [2.75, 3.05) is 17.6 Å². The molecule has 0 aliphatic carbocycles. The Kier molecular flexibility index (Phi) is 6.54. The zero-order chi connectivity index (χ0) is 12.7. The molecule has 1 aromatic rings. The van der Waals surface area contributed by atoms with Gasteiger partial charge in [0.15, 0.2) is 0 Å². The maximum absolute atomic E-state index is 11.7. The quantitative estimate of drug-likeness (QED) is 0.606. The first-order valence-electron chi connectivity index (χ1n) is 5.01. The number of hydrogen-bond donors (Lipinski definition) is 1. The van der Waals surface area contributed by atoms with Gasteiger partial charge in [0, 0.05) is 0 Å². The molecule has 0 unspecified atom stereocenters. The molecule has 0 heterocycles. The van der Waals surface area contributed by atoms with Crippen LogP contribution in [0.2, 0.25) is 0 Å². The molecular formula is C11H13ClNO3Sn. The van der Waals surface area contributed by atoms with Crippen LogP contribution in [-0.2, 0) is 7.87 Å². The summed E-state index contributed by atoms with van der Waals surface area (Å²) in [6.07, 6.45) is 0. The SMILES string of the molecule is C[O][Sn]([CH2]NC(=O)c1ccccc1)[C](=O)CCl. The number of rotatable bonds is 6. The molecule has 1 N–H and O–H groups in total. The van der Waals surface area contributed by atoms with Gasteiger partial charge in [0.2, 0.25) is 0 Å². The molecule has 0 aromatic heterocycles. The molecule has 1 rings (SSSR count). The number of carbonyl (C=O) groups excluding carboxylic acids is 2. The molecule has 91 valence electrons. The van der Waals surface area contributed by atoms with Crippen LogP contribution in [0.25, 0.3) is 0 Å². The first-order chi connectivity index (χ1) is 8.19. The van der Waals surface area contributed by atoms with Gasteiger partial charge in [-0.3, -0.25) is 0 Å². The molecule has 0 fully saturated rings.